The van der Waals surface area contributed by atoms with Gasteiger partial charge in [-0.2, -0.15) is 0 Å². The van der Waals surface area contributed by atoms with Crippen molar-refractivity contribution in [2.24, 2.45) is 0 Å². The zero-order chi connectivity index (χ0) is 12.6. The molecule has 3 nitrogen and oxygen atoms in total. The predicted octanol–water partition coefficient (Wildman–Crippen LogP) is 1.59. The summed E-state index contributed by atoms with van der Waals surface area (Å²) in [5, 5.41) is 21.5. The van der Waals surface area contributed by atoms with Gasteiger partial charge in [0.15, 0.2) is 0 Å². The molecule has 0 aromatic heterocycles. The molecular formula is C12H21BO3. The number of aryl methyl sites for hydroxylation is 3. The summed E-state index contributed by atoms with van der Waals surface area (Å²) in [6, 6.07) is 6.82. The highest BCUT2D eigenvalue weighted by atomic mass is 16.5. The normalized spacial score (nSPS) is 9.38. The molecule has 1 aromatic carbocycles. The van der Waals surface area contributed by atoms with E-state index in [2.05, 4.69) is 39.0 Å². The first kappa shape index (κ1) is 15.2. The van der Waals surface area contributed by atoms with Crippen LogP contribution in [-0.4, -0.2) is 22.4 Å². The molecule has 0 aliphatic rings. The number of benzene rings is 1. The number of unbranched alkanes of at least 4 members (excludes halogenated alkanes) is 1. The van der Waals surface area contributed by atoms with E-state index in [4.69, 9.17) is 15.1 Å². The Morgan fingerprint density at radius 3 is 1.81 bits per heavy atom. The fraction of sp³-hybridized carbons (Fsp3) is 0.500. The van der Waals surface area contributed by atoms with Crippen LogP contribution in [0, 0.1) is 13.8 Å². The molecule has 1 rings (SSSR count). The Balaban J connectivity index is 0.000000487. The molecule has 0 heterocycles. The van der Waals surface area contributed by atoms with Crippen LogP contribution in [0.5, 0.6) is 0 Å². The Hall–Kier alpha value is -0.835. The van der Waals surface area contributed by atoms with Crippen LogP contribution in [0.25, 0.3) is 0 Å². The number of rotatable bonds is 3. The second-order valence-corrected chi connectivity index (χ2v) is 3.95. The summed E-state index contributed by atoms with van der Waals surface area (Å²) in [6.45, 7) is 6.58. The molecule has 1 aromatic rings. The standard InChI is InChI=1S/C12H18.BH3O3/c1-4-5-6-12-8-10(2)7-11(3)9-12;2-1(3)4/h7-9H,4-6H2,1-3H3;2-4H. The highest BCUT2D eigenvalue weighted by Gasteiger charge is 1.94. The average molecular weight is 224 g/mol. The quantitative estimate of drug-likeness (QED) is 0.683. The van der Waals surface area contributed by atoms with Gasteiger partial charge in [0.2, 0.25) is 0 Å². The van der Waals surface area contributed by atoms with E-state index in [1.807, 2.05) is 0 Å². The largest absolute Gasteiger partial charge is 0.631 e. The second-order valence-electron chi connectivity index (χ2n) is 3.95. The van der Waals surface area contributed by atoms with Crippen molar-refractivity contribution in [2.75, 3.05) is 0 Å². The van der Waals surface area contributed by atoms with Gasteiger partial charge in [0, 0.05) is 0 Å². The summed E-state index contributed by atoms with van der Waals surface area (Å²) in [5.41, 5.74) is 4.27. The number of hydrogen-bond acceptors (Lipinski definition) is 3. The first-order valence-corrected chi connectivity index (χ1v) is 5.57. The van der Waals surface area contributed by atoms with Crippen LogP contribution in [0.1, 0.15) is 36.5 Å². The lowest BCUT2D eigenvalue weighted by Gasteiger charge is -2.03. The molecule has 3 N–H and O–H groups in total. The van der Waals surface area contributed by atoms with E-state index in [0.717, 1.165) is 0 Å². The summed E-state index contributed by atoms with van der Waals surface area (Å²) in [5.74, 6) is 0. The minimum absolute atomic E-state index is 1.24. The van der Waals surface area contributed by atoms with Crippen molar-refractivity contribution in [1.82, 2.24) is 0 Å². The van der Waals surface area contributed by atoms with Crippen LogP contribution in [0.15, 0.2) is 18.2 Å². The lowest BCUT2D eigenvalue weighted by atomic mass is 10.0. The third-order valence-corrected chi connectivity index (χ3v) is 2.10. The number of hydrogen-bond donors (Lipinski definition) is 3. The van der Waals surface area contributed by atoms with Crippen molar-refractivity contribution < 1.29 is 15.1 Å². The van der Waals surface area contributed by atoms with Crippen molar-refractivity contribution in [3.05, 3.63) is 34.9 Å². The topological polar surface area (TPSA) is 60.7 Å². The van der Waals surface area contributed by atoms with E-state index in [-0.39, 0.29) is 0 Å². The van der Waals surface area contributed by atoms with Gasteiger partial charge in [-0.1, -0.05) is 42.7 Å². The highest BCUT2D eigenvalue weighted by Crippen LogP contribution is 2.11. The first-order chi connectivity index (χ1) is 7.45. The zero-order valence-electron chi connectivity index (χ0n) is 10.3. The Bertz CT molecular complexity index is 277. The molecule has 16 heavy (non-hydrogen) atoms. The highest BCUT2D eigenvalue weighted by molar-refractivity contribution is 6.30. The van der Waals surface area contributed by atoms with Crippen LogP contribution in [0.2, 0.25) is 0 Å². The third-order valence-electron chi connectivity index (χ3n) is 2.10. The van der Waals surface area contributed by atoms with Crippen LogP contribution in [0.3, 0.4) is 0 Å². The average Bonchev–Trinajstić information content (AvgIpc) is 2.12. The maximum absolute atomic E-state index is 7.17. The van der Waals surface area contributed by atoms with Crippen LogP contribution < -0.4 is 0 Å². The van der Waals surface area contributed by atoms with Crippen molar-refractivity contribution in [2.45, 2.75) is 40.0 Å². The Labute approximate surface area is 97.9 Å². The van der Waals surface area contributed by atoms with Gasteiger partial charge in [0.05, 0.1) is 0 Å². The molecule has 0 unspecified atom stereocenters. The third kappa shape index (κ3) is 8.47. The molecule has 0 spiro atoms. The summed E-state index contributed by atoms with van der Waals surface area (Å²) in [6.07, 6.45) is 3.83. The molecule has 0 saturated heterocycles. The summed E-state index contributed by atoms with van der Waals surface area (Å²) < 4.78 is 0. The van der Waals surface area contributed by atoms with Gasteiger partial charge in [0.25, 0.3) is 0 Å². The molecule has 4 heteroatoms. The maximum atomic E-state index is 7.17. The van der Waals surface area contributed by atoms with E-state index in [1.165, 1.54) is 36.0 Å². The SMILES string of the molecule is CCCCc1cc(C)cc(C)c1.OB(O)O. The van der Waals surface area contributed by atoms with Crippen LogP contribution >= 0.6 is 0 Å². The molecule has 0 fully saturated rings. The van der Waals surface area contributed by atoms with Gasteiger partial charge < -0.3 is 15.1 Å². The Morgan fingerprint density at radius 2 is 1.44 bits per heavy atom. The van der Waals surface area contributed by atoms with Crippen LogP contribution in [-0.2, 0) is 6.42 Å². The molecule has 0 amide bonds. The Kier molecular flexibility index (Phi) is 7.90. The van der Waals surface area contributed by atoms with Gasteiger partial charge in [-0.15, -0.1) is 0 Å². The van der Waals surface area contributed by atoms with Crippen LogP contribution in [0.4, 0.5) is 0 Å². The van der Waals surface area contributed by atoms with Crippen molar-refractivity contribution in [1.29, 1.82) is 0 Å². The van der Waals surface area contributed by atoms with Gasteiger partial charge in [0.1, 0.15) is 0 Å². The van der Waals surface area contributed by atoms with E-state index >= 15 is 0 Å². The summed E-state index contributed by atoms with van der Waals surface area (Å²) >= 11 is 0. The lowest BCUT2D eigenvalue weighted by Crippen LogP contribution is -2.07. The van der Waals surface area contributed by atoms with Gasteiger partial charge in [-0.25, -0.2) is 0 Å². The summed E-state index contributed by atoms with van der Waals surface area (Å²) in [4.78, 5) is 0. The summed E-state index contributed by atoms with van der Waals surface area (Å²) in [7, 11) is -2.17. The van der Waals surface area contributed by atoms with Gasteiger partial charge >= 0.3 is 7.32 Å². The molecule has 0 bridgehead atoms. The van der Waals surface area contributed by atoms with Crippen molar-refractivity contribution in [3.8, 4) is 0 Å². The maximum Gasteiger partial charge on any atom is 0.631 e. The van der Waals surface area contributed by atoms with Crippen molar-refractivity contribution >= 4 is 7.32 Å². The lowest BCUT2D eigenvalue weighted by molar-refractivity contribution is 0.278. The second kappa shape index (κ2) is 8.33. The van der Waals surface area contributed by atoms with E-state index in [1.54, 1.807) is 0 Å². The predicted molar refractivity (Wildman–Crippen MR) is 66.9 cm³/mol. The minimum atomic E-state index is -2.17. The molecule has 0 aliphatic heterocycles. The monoisotopic (exact) mass is 224 g/mol. The van der Waals surface area contributed by atoms with E-state index < -0.39 is 7.32 Å². The van der Waals surface area contributed by atoms with E-state index in [9.17, 15) is 0 Å². The fourth-order valence-corrected chi connectivity index (χ4v) is 1.59. The smallest absolute Gasteiger partial charge is 0.402 e. The fourth-order valence-electron chi connectivity index (χ4n) is 1.59. The first-order valence-electron chi connectivity index (χ1n) is 5.57. The zero-order valence-corrected chi connectivity index (χ0v) is 10.3. The van der Waals surface area contributed by atoms with E-state index in [0.29, 0.717) is 0 Å². The minimum Gasteiger partial charge on any atom is -0.402 e. The van der Waals surface area contributed by atoms with Gasteiger partial charge in [-0.3, -0.25) is 0 Å². The molecule has 0 atom stereocenters. The van der Waals surface area contributed by atoms with Gasteiger partial charge in [-0.05, 0) is 32.3 Å². The Morgan fingerprint density at radius 1 is 1.00 bits per heavy atom. The van der Waals surface area contributed by atoms with Crippen molar-refractivity contribution in [3.63, 3.8) is 0 Å². The molecule has 0 aliphatic carbocycles. The molecule has 90 valence electrons. The molecular weight excluding hydrogens is 203 g/mol. The molecule has 0 radical (unpaired) electrons. The molecule has 0 saturated carbocycles.